The van der Waals surface area contributed by atoms with E-state index in [-0.39, 0.29) is 22.3 Å². The number of hydrogen-bond donors (Lipinski definition) is 1. The molecular formula is C15H16ClFN4O3S2. The van der Waals surface area contributed by atoms with Gasteiger partial charge >= 0.3 is 0 Å². The SMILES string of the molecule is CN(C)S(=O)(=O)N1CCc2nc(NC(=O)c3c(F)cccc3Cl)sc2C1. The lowest BCUT2D eigenvalue weighted by molar-refractivity contribution is 0.102. The smallest absolute Gasteiger partial charge is 0.281 e. The first-order valence-corrected chi connectivity index (χ1v) is 10.2. The maximum Gasteiger partial charge on any atom is 0.281 e. The van der Waals surface area contributed by atoms with E-state index in [2.05, 4.69) is 10.3 Å². The molecule has 3 rings (SSSR count). The third kappa shape index (κ3) is 3.60. The van der Waals surface area contributed by atoms with Crippen molar-refractivity contribution in [3.63, 3.8) is 0 Å². The van der Waals surface area contributed by atoms with Gasteiger partial charge in [0, 0.05) is 31.9 Å². The van der Waals surface area contributed by atoms with Gasteiger partial charge in [0.15, 0.2) is 5.13 Å². The van der Waals surface area contributed by atoms with Crippen molar-refractivity contribution >= 4 is 44.2 Å². The van der Waals surface area contributed by atoms with Crippen LogP contribution in [-0.2, 0) is 23.2 Å². The third-order valence-corrected chi connectivity index (χ3v) is 7.09. The molecule has 0 bridgehead atoms. The van der Waals surface area contributed by atoms with E-state index in [1.807, 2.05) is 0 Å². The molecule has 7 nitrogen and oxygen atoms in total. The number of nitrogens with one attached hydrogen (secondary N) is 1. The van der Waals surface area contributed by atoms with Crippen molar-refractivity contribution in [2.75, 3.05) is 26.0 Å². The Morgan fingerprint density at radius 1 is 1.42 bits per heavy atom. The zero-order valence-electron chi connectivity index (χ0n) is 14.0. The predicted molar refractivity (Wildman–Crippen MR) is 98.2 cm³/mol. The number of nitrogens with zero attached hydrogens (tertiary/aromatic N) is 3. The molecule has 0 radical (unpaired) electrons. The zero-order valence-corrected chi connectivity index (χ0v) is 16.4. The highest BCUT2D eigenvalue weighted by molar-refractivity contribution is 7.86. The van der Waals surface area contributed by atoms with Gasteiger partial charge in [0.05, 0.1) is 22.8 Å². The van der Waals surface area contributed by atoms with Crippen molar-refractivity contribution in [3.8, 4) is 0 Å². The number of carbonyl (C=O) groups excluding carboxylic acids is 1. The van der Waals surface area contributed by atoms with Crippen LogP contribution in [0.1, 0.15) is 20.9 Å². The first-order valence-electron chi connectivity index (χ1n) is 7.61. The monoisotopic (exact) mass is 418 g/mol. The van der Waals surface area contributed by atoms with Gasteiger partial charge < -0.3 is 0 Å². The number of hydrogen-bond acceptors (Lipinski definition) is 5. The first-order chi connectivity index (χ1) is 12.2. The summed E-state index contributed by atoms with van der Waals surface area (Å²) in [5.74, 6) is -1.42. The molecule has 1 N–H and O–H groups in total. The highest BCUT2D eigenvalue weighted by Gasteiger charge is 2.31. The molecule has 1 aromatic heterocycles. The molecule has 0 fully saturated rings. The fourth-order valence-corrected chi connectivity index (χ4v) is 4.95. The van der Waals surface area contributed by atoms with Crippen LogP contribution in [0, 0.1) is 5.82 Å². The Morgan fingerprint density at radius 3 is 2.81 bits per heavy atom. The summed E-state index contributed by atoms with van der Waals surface area (Å²) < 4.78 is 40.9. The maximum absolute atomic E-state index is 13.8. The maximum atomic E-state index is 13.8. The van der Waals surface area contributed by atoms with Crippen molar-refractivity contribution in [2.24, 2.45) is 0 Å². The van der Waals surface area contributed by atoms with Crippen molar-refractivity contribution in [1.82, 2.24) is 13.6 Å². The normalized spacial score (nSPS) is 15.1. The van der Waals surface area contributed by atoms with Crippen LogP contribution in [-0.4, -0.2) is 48.6 Å². The van der Waals surface area contributed by atoms with E-state index in [0.717, 1.165) is 20.9 Å². The highest BCUT2D eigenvalue weighted by Crippen LogP contribution is 2.30. The number of aromatic nitrogens is 1. The van der Waals surface area contributed by atoms with E-state index in [9.17, 15) is 17.6 Å². The first kappa shape index (κ1) is 19.2. The number of fused-ring (bicyclic) bond motifs is 1. The van der Waals surface area contributed by atoms with Crippen molar-refractivity contribution in [2.45, 2.75) is 13.0 Å². The number of thiazole rings is 1. The molecule has 1 aliphatic rings. The standard InChI is InChI=1S/C15H16ClFN4O3S2/c1-20(2)26(23,24)21-7-6-11-12(8-21)25-15(18-11)19-14(22)13-9(16)4-3-5-10(13)17/h3-5H,6-8H2,1-2H3,(H,18,19,22). The van der Waals surface area contributed by atoms with Crippen LogP contribution in [0.25, 0.3) is 0 Å². The molecule has 2 aromatic rings. The number of halogens is 2. The number of carbonyl (C=O) groups is 1. The molecule has 1 aromatic carbocycles. The molecule has 140 valence electrons. The van der Waals surface area contributed by atoms with E-state index in [0.29, 0.717) is 13.0 Å². The van der Waals surface area contributed by atoms with Crippen LogP contribution < -0.4 is 5.32 Å². The summed E-state index contributed by atoms with van der Waals surface area (Å²) in [6, 6.07) is 3.99. The Hall–Kier alpha value is -1.59. The summed E-state index contributed by atoms with van der Waals surface area (Å²) in [5.41, 5.74) is 0.481. The van der Waals surface area contributed by atoms with E-state index >= 15 is 0 Å². The molecule has 0 spiro atoms. The van der Waals surface area contributed by atoms with E-state index in [1.54, 1.807) is 0 Å². The molecule has 1 amide bonds. The molecule has 1 aliphatic heterocycles. The van der Waals surface area contributed by atoms with Crippen molar-refractivity contribution in [1.29, 1.82) is 0 Å². The minimum atomic E-state index is -3.52. The molecule has 0 saturated heterocycles. The molecule has 0 saturated carbocycles. The summed E-state index contributed by atoms with van der Waals surface area (Å²) in [5, 5.41) is 2.83. The van der Waals surface area contributed by atoms with E-state index in [1.165, 1.54) is 41.9 Å². The number of amides is 1. The van der Waals surface area contributed by atoms with Gasteiger partial charge in [0.2, 0.25) is 0 Å². The molecular weight excluding hydrogens is 403 g/mol. The highest BCUT2D eigenvalue weighted by atomic mass is 35.5. The van der Waals surface area contributed by atoms with Crippen LogP contribution >= 0.6 is 22.9 Å². The Bertz CT molecular complexity index is 942. The second-order valence-corrected chi connectivity index (χ2v) is 9.45. The fourth-order valence-electron chi connectivity index (χ4n) is 2.53. The summed E-state index contributed by atoms with van der Waals surface area (Å²) in [6.45, 7) is 0.494. The molecule has 26 heavy (non-hydrogen) atoms. The van der Waals surface area contributed by atoms with E-state index in [4.69, 9.17) is 11.6 Å². The van der Waals surface area contributed by atoms with Gasteiger partial charge in [0.1, 0.15) is 5.82 Å². The summed E-state index contributed by atoms with van der Waals surface area (Å²) in [7, 11) is -0.572. The van der Waals surface area contributed by atoms with Crippen LogP contribution in [0.15, 0.2) is 18.2 Å². The quantitative estimate of drug-likeness (QED) is 0.826. The minimum Gasteiger partial charge on any atom is -0.298 e. The third-order valence-electron chi connectivity index (χ3n) is 3.89. The fraction of sp³-hybridized carbons (Fsp3) is 0.333. The molecule has 0 unspecified atom stereocenters. The van der Waals surface area contributed by atoms with Gasteiger partial charge in [-0.15, -0.1) is 11.3 Å². The molecule has 2 heterocycles. The molecule has 11 heteroatoms. The van der Waals surface area contributed by atoms with Gasteiger partial charge in [-0.05, 0) is 12.1 Å². The lowest BCUT2D eigenvalue weighted by atomic mass is 10.2. The summed E-state index contributed by atoms with van der Waals surface area (Å²) in [4.78, 5) is 17.4. The van der Waals surface area contributed by atoms with Crippen LogP contribution in [0.5, 0.6) is 0 Å². The topological polar surface area (TPSA) is 82.6 Å². The minimum absolute atomic E-state index is 0.00655. The van der Waals surface area contributed by atoms with Gasteiger partial charge in [-0.3, -0.25) is 10.1 Å². The molecule has 0 aliphatic carbocycles. The van der Waals surface area contributed by atoms with Gasteiger partial charge in [-0.25, -0.2) is 9.37 Å². The average molecular weight is 419 g/mol. The lowest BCUT2D eigenvalue weighted by Gasteiger charge is -2.27. The largest absolute Gasteiger partial charge is 0.298 e. The van der Waals surface area contributed by atoms with E-state index < -0.39 is 21.9 Å². The number of benzene rings is 1. The van der Waals surface area contributed by atoms with Crippen LogP contribution in [0.2, 0.25) is 5.02 Å². The van der Waals surface area contributed by atoms with Gasteiger partial charge in [0.25, 0.3) is 16.1 Å². The van der Waals surface area contributed by atoms with Gasteiger partial charge in [-0.1, -0.05) is 17.7 Å². The van der Waals surface area contributed by atoms with Crippen LogP contribution in [0.3, 0.4) is 0 Å². The predicted octanol–water partition coefficient (Wildman–Crippen LogP) is 2.35. The van der Waals surface area contributed by atoms with Crippen LogP contribution in [0.4, 0.5) is 9.52 Å². The second kappa shape index (κ2) is 7.20. The Labute approximate surface area is 159 Å². The Kier molecular flexibility index (Phi) is 5.31. The number of rotatable bonds is 4. The second-order valence-electron chi connectivity index (χ2n) is 5.81. The zero-order chi connectivity index (χ0) is 19.1. The number of anilines is 1. The lowest BCUT2D eigenvalue weighted by Crippen LogP contribution is -2.42. The Morgan fingerprint density at radius 2 is 2.15 bits per heavy atom. The van der Waals surface area contributed by atoms with Crippen molar-refractivity contribution < 1.29 is 17.6 Å². The Balaban J connectivity index is 1.80. The van der Waals surface area contributed by atoms with Gasteiger partial charge in [-0.2, -0.15) is 17.0 Å². The van der Waals surface area contributed by atoms with Crippen molar-refractivity contribution in [3.05, 3.63) is 45.2 Å². The summed E-state index contributed by atoms with van der Waals surface area (Å²) in [6.07, 6.45) is 0.440. The summed E-state index contributed by atoms with van der Waals surface area (Å²) >= 11 is 7.06. The average Bonchev–Trinajstić information content (AvgIpc) is 2.95. The molecule has 0 atom stereocenters.